The van der Waals surface area contributed by atoms with Crippen molar-refractivity contribution >= 4 is 17.6 Å². The summed E-state index contributed by atoms with van der Waals surface area (Å²) in [6, 6.07) is 11.1. The number of amides is 3. The Kier molecular flexibility index (Phi) is 5.84. The van der Waals surface area contributed by atoms with Crippen LogP contribution in [-0.2, 0) is 11.2 Å². The fraction of sp³-hybridized carbons (Fsp3) is 0.350. The summed E-state index contributed by atoms with van der Waals surface area (Å²) < 4.78 is 0. The van der Waals surface area contributed by atoms with Crippen molar-refractivity contribution in [1.29, 1.82) is 0 Å². The van der Waals surface area contributed by atoms with E-state index < -0.39 is 5.91 Å². The van der Waals surface area contributed by atoms with E-state index in [4.69, 9.17) is 5.73 Å². The zero-order chi connectivity index (χ0) is 18.4. The summed E-state index contributed by atoms with van der Waals surface area (Å²) in [5.74, 6) is -0.420. The molecule has 2 heterocycles. The minimum absolute atomic E-state index is 0.0313. The first kappa shape index (κ1) is 17.9. The molecule has 6 heteroatoms. The van der Waals surface area contributed by atoms with Gasteiger partial charge in [-0.2, -0.15) is 0 Å². The summed E-state index contributed by atoms with van der Waals surface area (Å²) in [4.78, 5) is 30.3. The summed E-state index contributed by atoms with van der Waals surface area (Å²) in [5.41, 5.74) is 7.78. The molecule has 6 nitrogen and oxygen atoms in total. The largest absolute Gasteiger partial charge is 0.369 e. The van der Waals surface area contributed by atoms with Crippen molar-refractivity contribution in [2.24, 2.45) is 5.73 Å². The number of pyridine rings is 1. The summed E-state index contributed by atoms with van der Waals surface area (Å²) in [7, 11) is 0. The number of nitrogens with one attached hydrogen (secondary N) is 1. The second kappa shape index (κ2) is 8.47. The van der Waals surface area contributed by atoms with E-state index in [0.29, 0.717) is 12.2 Å². The van der Waals surface area contributed by atoms with Crippen LogP contribution in [0.2, 0.25) is 0 Å². The number of carbonyl (C=O) groups is 2. The summed E-state index contributed by atoms with van der Waals surface area (Å²) in [6.45, 7) is 0.705. The zero-order valence-corrected chi connectivity index (χ0v) is 14.7. The topological polar surface area (TPSA) is 88.3 Å². The van der Waals surface area contributed by atoms with E-state index in [1.165, 1.54) is 0 Å². The average Bonchev–Trinajstić information content (AvgIpc) is 2.90. The molecule has 26 heavy (non-hydrogen) atoms. The van der Waals surface area contributed by atoms with E-state index in [-0.39, 0.29) is 18.5 Å². The molecule has 1 aliphatic rings. The van der Waals surface area contributed by atoms with Crippen LogP contribution in [0.15, 0.2) is 48.8 Å². The highest BCUT2D eigenvalue weighted by atomic mass is 16.2. The normalized spacial score (nSPS) is 17.4. The lowest BCUT2D eigenvalue weighted by molar-refractivity contribution is -0.117. The first-order chi connectivity index (χ1) is 12.6. The van der Waals surface area contributed by atoms with Crippen LogP contribution in [0.3, 0.4) is 0 Å². The van der Waals surface area contributed by atoms with Gasteiger partial charge >= 0.3 is 6.03 Å². The van der Waals surface area contributed by atoms with Crippen LogP contribution in [0.25, 0.3) is 0 Å². The number of hydrogen-bond donors (Lipinski definition) is 2. The van der Waals surface area contributed by atoms with Crippen molar-refractivity contribution < 1.29 is 9.59 Å². The Hall–Kier alpha value is -2.89. The highest BCUT2D eigenvalue weighted by Crippen LogP contribution is 2.30. The highest BCUT2D eigenvalue weighted by Gasteiger charge is 2.27. The first-order valence-electron chi connectivity index (χ1n) is 8.99. The predicted octanol–water partition coefficient (Wildman–Crippen LogP) is 3.26. The molecule has 3 rings (SSSR count). The number of benzene rings is 1. The van der Waals surface area contributed by atoms with Crippen LogP contribution in [0, 0.1) is 0 Å². The van der Waals surface area contributed by atoms with Gasteiger partial charge in [0.1, 0.15) is 0 Å². The van der Waals surface area contributed by atoms with Crippen LogP contribution >= 0.6 is 0 Å². The molecule has 0 spiro atoms. The van der Waals surface area contributed by atoms with Crippen molar-refractivity contribution in [3.05, 3.63) is 59.9 Å². The van der Waals surface area contributed by atoms with Crippen molar-refractivity contribution in [3.8, 4) is 0 Å². The number of nitrogens with zero attached hydrogens (tertiary/aromatic N) is 2. The van der Waals surface area contributed by atoms with Crippen molar-refractivity contribution in [1.82, 2.24) is 9.88 Å². The van der Waals surface area contributed by atoms with Gasteiger partial charge in [0, 0.05) is 24.6 Å². The van der Waals surface area contributed by atoms with Crippen molar-refractivity contribution in [2.75, 3.05) is 11.9 Å². The van der Waals surface area contributed by atoms with Crippen LogP contribution in [0.4, 0.5) is 10.5 Å². The lowest BCUT2D eigenvalue weighted by atomic mass is 10.0. The third kappa shape index (κ3) is 4.39. The van der Waals surface area contributed by atoms with Gasteiger partial charge in [-0.1, -0.05) is 31.0 Å². The standard InChI is InChI=1S/C20H24N4O2/c21-19(25)14-16-6-3-4-7-17(16)23-20(26)24-13-5-1-2-8-18(24)15-9-11-22-12-10-15/h3-4,6-7,9-12,18H,1-2,5,8,13-14H2,(H2,21,25)(H,23,26)/t18-/m0/s1. The van der Waals surface area contributed by atoms with Gasteiger partial charge in [0.2, 0.25) is 5.91 Å². The van der Waals surface area contributed by atoms with E-state index >= 15 is 0 Å². The molecule has 1 aliphatic heterocycles. The summed E-state index contributed by atoms with van der Waals surface area (Å²) >= 11 is 0. The lowest BCUT2D eigenvalue weighted by Gasteiger charge is -2.30. The number of para-hydroxylation sites is 1. The molecule has 1 fully saturated rings. The second-order valence-electron chi connectivity index (χ2n) is 6.57. The number of urea groups is 1. The number of anilines is 1. The van der Waals surface area contributed by atoms with Gasteiger partial charge in [-0.3, -0.25) is 9.78 Å². The van der Waals surface area contributed by atoms with Crippen LogP contribution in [0.1, 0.15) is 42.9 Å². The molecule has 1 saturated heterocycles. The highest BCUT2D eigenvalue weighted by molar-refractivity contribution is 5.91. The minimum Gasteiger partial charge on any atom is -0.369 e. The van der Waals surface area contributed by atoms with E-state index in [0.717, 1.165) is 36.8 Å². The van der Waals surface area contributed by atoms with Gasteiger partial charge in [-0.05, 0) is 42.2 Å². The van der Waals surface area contributed by atoms with Gasteiger partial charge in [0.25, 0.3) is 0 Å². The molecule has 0 unspecified atom stereocenters. The Morgan fingerprint density at radius 1 is 1.12 bits per heavy atom. The molecule has 3 N–H and O–H groups in total. The fourth-order valence-electron chi connectivity index (χ4n) is 3.45. The predicted molar refractivity (Wildman–Crippen MR) is 101 cm³/mol. The SMILES string of the molecule is NC(=O)Cc1ccccc1NC(=O)N1CCCCC[C@H]1c1ccncc1. The van der Waals surface area contributed by atoms with E-state index in [1.54, 1.807) is 18.5 Å². The van der Waals surface area contributed by atoms with E-state index in [2.05, 4.69) is 10.3 Å². The monoisotopic (exact) mass is 352 g/mol. The third-order valence-corrected chi connectivity index (χ3v) is 4.73. The Labute approximate surface area is 153 Å². The molecule has 1 atom stereocenters. The third-order valence-electron chi connectivity index (χ3n) is 4.73. The smallest absolute Gasteiger partial charge is 0.322 e. The Balaban J connectivity index is 1.82. The second-order valence-corrected chi connectivity index (χ2v) is 6.57. The lowest BCUT2D eigenvalue weighted by Crippen LogP contribution is -2.38. The van der Waals surface area contributed by atoms with Crippen LogP contribution in [-0.4, -0.2) is 28.4 Å². The molecule has 1 aromatic carbocycles. The molecule has 0 aliphatic carbocycles. The quantitative estimate of drug-likeness (QED) is 0.885. The zero-order valence-electron chi connectivity index (χ0n) is 14.7. The van der Waals surface area contributed by atoms with Gasteiger partial charge in [0.05, 0.1) is 12.5 Å². The summed E-state index contributed by atoms with van der Waals surface area (Å²) in [5, 5.41) is 2.98. The maximum Gasteiger partial charge on any atom is 0.322 e. The van der Waals surface area contributed by atoms with Gasteiger partial charge < -0.3 is 16.0 Å². The molecule has 1 aromatic heterocycles. The van der Waals surface area contributed by atoms with Crippen molar-refractivity contribution in [3.63, 3.8) is 0 Å². The molecular formula is C20H24N4O2. The number of carbonyl (C=O) groups excluding carboxylic acids is 2. The molecule has 0 bridgehead atoms. The molecule has 3 amide bonds. The molecule has 0 radical (unpaired) electrons. The van der Waals surface area contributed by atoms with E-state index in [9.17, 15) is 9.59 Å². The molecule has 0 saturated carbocycles. The molecule has 2 aromatic rings. The number of primary amides is 1. The maximum atomic E-state index is 13.0. The number of likely N-dealkylation sites (tertiary alicyclic amines) is 1. The maximum absolute atomic E-state index is 13.0. The molecule has 136 valence electrons. The van der Waals surface area contributed by atoms with Crippen LogP contribution < -0.4 is 11.1 Å². The van der Waals surface area contributed by atoms with Crippen molar-refractivity contribution in [2.45, 2.75) is 38.1 Å². The van der Waals surface area contributed by atoms with Gasteiger partial charge in [0.15, 0.2) is 0 Å². The van der Waals surface area contributed by atoms with Gasteiger partial charge in [-0.25, -0.2) is 4.79 Å². The Morgan fingerprint density at radius 2 is 1.88 bits per heavy atom. The van der Waals surface area contributed by atoms with Crippen LogP contribution in [0.5, 0.6) is 0 Å². The minimum atomic E-state index is -0.420. The number of nitrogens with two attached hydrogens (primary N) is 1. The number of rotatable bonds is 4. The number of aromatic nitrogens is 1. The Bertz CT molecular complexity index is 763. The average molecular weight is 352 g/mol. The Morgan fingerprint density at radius 3 is 2.65 bits per heavy atom. The number of hydrogen-bond acceptors (Lipinski definition) is 3. The first-order valence-corrected chi connectivity index (χ1v) is 8.99. The fourth-order valence-corrected chi connectivity index (χ4v) is 3.45. The van der Waals surface area contributed by atoms with Gasteiger partial charge in [-0.15, -0.1) is 0 Å². The summed E-state index contributed by atoms with van der Waals surface area (Å²) in [6.07, 6.45) is 7.75. The molecular weight excluding hydrogens is 328 g/mol. The van der Waals surface area contributed by atoms with E-state index in [1.807, 2.05) is 35.2 Å².